The van der Waals surface area contributed by atoms with Crippen molar-refractivity contribution in [1.82, 2.24) is 4.98 Å². The van der Waals surface area contributed by atoms with E-state index in [0.29, 0.717) is 15.7 Å². The van der Waals surface area contributed by atoms with Gasteiger partial charge in [0.05, 0.1) is 12.8 Å². The van der Waals surface area contributed by atoms with Crippen LogP contribution in [0.25, 0.3) is 0 Å². The summed E-state index contributed by atoms with van der Waals surface area (Å²) in [6.07, 6.45) is 2.04. The Hall–Kier alpha value is -1.53. The quantitative estimate of drug-likeness (QED) is 0.688. The Morgan fingerprint density at radius 2 is 2.05 bits per heavy atom. The molecule has 0 radical (unpaired) electrons. The van der Waals surface area contributed by atoms with Crippen molar-refractivity contribution in [3.05, 3.63) is 34.8 Å². The van der Waals surface area contributed by atoms with Crippen LogP contribution in [-0.2, 0) is 4.74 Å². The van der Waals surface area contributed by atoms with Crippen LogP contribution in [0.2, 0.25) is 0 Å². The number of carbonyl (C=O) groups excluding carboxylic acids is 1. The molecule has 0 unspecified atom stereocenters. The molecule has 0 saturated carbocycles. The summed E-state index contributed by atoms with van der Waals surface area (Å²) in [5.41, 5.74) is 1.63. The number of benzene rings is 1. The highest BCUT2D eigenvalue weighted by atomic mass is 32.2. The number of anilines is 2. The smallest absolute Gasteiger partial charge is 0.350 e. The molecule has 0 spiro atoms. The van der Waals surface area contributed by atoms with Crippen LogP contribution in [0.15, 0.2) is 29.2 Å². The zero-order valence-corrected chi connectivity index (χ0v) is 12.5. The Kier molecular flexibility index (Phi) is 4.44. The van der Waals surface area contributed by atoms with E-state index < -0.39 is 0 Å². The number of aromatic nitrogens is 1. The fraction of sp³-hybridized carbons (Fsp3) is 0.231. The Balaban J connectivity index is 2.16. The second kappa shape index (κ2) is 6.08. The van der Waals surface area contributed by atoms with Gasteiger partial charge in [0.15, 0.2) is 5.13 Å². The lowest BCUT2D eigenvalue weighted by Gasteiger charge is -2.02. The first kappa shape index (κ1) is 13.9. The second-order valence-electron chi connectivity index (χ2n) is 3.78. The van der Waals surface area contributed by atoms with Gasteiger partial charge in [-0.1, -0.05) is 11.3 Å². The van der Waals surface area contributed by atoms with Crippen LogP contribution < -0.4 is 5.32 Å². The Morgan fingerprint density at radius 1 is 1.37 bits per heavy atom. The van der Waals surface area contributed by atoms with Gasteiger partial charge in [-0.05, 0) is 37.4 Å². The molecule has 2 rings (SSSR count). The summed E-state index contributed by atoms with van der Waals surface area (Å²) in [7, 11) is 1.37. The third-order valence-electron chi connectivity index (χ3n) is 2.51. The van der Waals surface area contributed by atoms with Gasteiger partial charge in [0.25, 0.3) is 0 Å². The maximum atomic E-state index is 11.5. The van der Waals surface area contributed by atoms with Crippen LogP contribution in [0.1, 0.15) is 15.4 Å². The third-order valence-corrected chi connectivity index (χ3v) is 4.31. The maximum absolute atomic E-state index is 11.5. The molecular weight excluding hydrogens is 280 g/mol. The summed E-state index contributed by atoms with van der Waals surface area (Å²) in [5, 5.41) is 3.88. The Labute approximate surface area is 120 Å². The predicted octanol–water partition coefficient (Wildman–Crippen LogP) is 3.70. The van der Waals surface area contributed by atoms with Gasteiger partial charge in [0.2, 0.25) is 0 Å². The molecule has 0 atom stereocenters. The first-order valence-electron chi connectivity index (χ1n) is 5.61. The van der Waals surface area contributed by atoms with E-state index >= 15 is 0 Å². The van der Waals surface area contributed by atoms with Crippen molar-refractivity contribution in [3.63, 3.8) is 0 Å². The molecule has 0 fully saturated rings. The summed E-state index contributed by atoms with van der Waals surface area (Å²) in [5.74, 6) is -0.346. The SMILES string of the molecule is COC(=O)c1sc(Nc2ccc(SC)cc2)nc1C. The van der Waals surface area contributed by atoms with Crippen LogP contribution in [-0.4, -0.2) is 24.3 Å². The molecule has 100 valence electrons. The number of nitrogens with one attached hydrogen (secondary N) is 1. The minimum absolute atomic E-state index is 0.346. The molecule has 0 aliphatic heterocycles. The number of thiazole rings is 1. The Morgan fingerprint density at radius 3 is 2.63 bits per heavy atom. The lowest BCUT2D eigenvalue weighted by atomic mass is 10.3. The fourth-order valence-electron chi connectivity index (χ4n) is 1.53. The largest absolute Gasteiger partial charge is 0.465 e. The zero-order chi connectivity index (χ0) is 13.8. The van der Waals surface area contributed by atoms with E-state index in [0.717, 1.165) is 5.69 Å². The van der Waals surface area contributed by atoms with E-state index in [2.05, 4.69) is 10.3 Å². The van der Waals surface area contributed by atoms with E-state index in [1.807, 2.05) is 30.5 Å². The van der Waals surface area contributed by atoms with E-state index in [1.165, 1.54) is 23.3 Å². The van der Waals surface area contributed by atoms with Gasteiger partial charge >= 0.3 is 5.97 Å². The third kappa shape index (κ3) is 3.27. The van der Waals surface area contributed by atoms with Gasteiger partial charge in [-0.2, -0.15) is 0 Å². The number of hydrogen-bond acceptors (Lipinski definition) is 6. The minimum Gasteiger partial charge on any atom is -0.465 e. The topological polar surface area (TPSA) is 51.2 Å². The highest BCUT2D eigenvalue weighted by Gasteiger charge is 2.15. The van der Waals surface area contributed by atoms with Crippen LogP contribution in [0.3, 0.4) is 0 Å². The normalized spacial score (nSPS) is 10.3. The van der Waals surface area contributed by atoms with Crippen LogP contribution in [0.4, 0.5) is 10.8 Å². The van der Waals surface area contributed by atoms with Crippen molar-refractivity contribution in [2.24, 2.45) is 0 Å². The average Bonchev–Trinajstić information content (AvgIpc) is 2.79. The number of aryl methyl sites for hydroxylation is 1. The first-order chi connectivity index (χ1) is 9.13. The highest BCUT2D eigenvalue weighted by Crippen LogP contribution is 2.27. The molecule has 0 saturated heterocycles. The molecule has 1 N–H and O–H groups in total. The molecule has 2 aromatic rings. The standard InChI is InChI=1S/C13H14N2O2S2/c1-8-11(12(16)17-2)19-13(14-8)15-9-4-6-10(18-3)7-5-9/h4-7H,1-3H3,(H,14,15). The van der Waals surface area contributed by atoms with E-state index in [4.69, 9.17) is 4.74 Å². The van der Waals surface area contributed by atoms with Crippen LogP contribution >= 0.6 is 23.1 Å². The molecule has 0 bridgehead atoms. The summed E-state index contributed by atoms with van der Waals surface area (Å²) in [6.45, 7) is 1.80. The predicted molar refractivity (Wildman–Crippen MR) is 79.7 cm³/mol. The first-order valence-corrected chi connectivity index (χ1v) is 7.65. The van der Waals surface area contributed by atoms with Gasteiger partial charge in [-0.3, -0.25) is 0 Å². The van der Waals surface area contributed by atoms with E-state index in [9.17, 15) is 4.79 Å². The van der Waals surface area contributed by atoms with Crippen LogP contribution in [0, 0.1) is 6.92 Å². The summed E-state index contributed by atoms with van der Waals surface area (Å²) < 4.78 is 4.71. The van der Waals surface area contributed by atoms with Gasteiger partial charge < -0.3 is 10.1 Å². The summed E-state index contributed by atoms with van der Waals surface area (Å²) in [4.78, 5) is 17.6. The van der Waals surface area contributed by atoms with Gasteiger partial charge in [0, 0.05) is 10.6 Å². The summed E-state index contributed by atoms with van der Waals surface area (Å²) in [6, 6.07) is 8.05. The molecule has 6 heteroatoms. The lowest BCUT2D eigenvalue weighted by Crippen LogP contribution is -1.99. The molecule has 0 amide bonds. The van der Waals surface area contributed by atoms with Crippen molar-refractivity contribution in [2.75, 3.05) is 18.7 Å². The van der Waals surface area contributed by atoms with E-state index in [1.54, 1.807) is 18.7 Å². The number of thioether (sulfide) groups is 1. The number of nitrogens with zero attached hydrogens (tertiary/aromatic N) is 1. The number of esters is 1. The molecule has 4 nitrogen and oxygen atoms in total. The highest BCUT2D eigenvalue weighted by molar-refractivity contribution is 7.98. The van der Waals surface area contributed by atoms with Crippen molar-refractivity contribution >= 4 is 39.9 Å². The van der Waals surface area contributed by atoms with Gasteiger partial charge in [0.1, 0.15) is 4.88 Å². The van der Waals surface area contributed by atoms with Crippen molar-refractivity contribution in [3.8, 4) is 0 Å². The minimum atomic E-state index is -0.346. The van der Waals surface area contributed by atoms with Crippen molar-refractivity contribution < 1.29 is 9.53 Å². The number of methoxy groups -OCH3 is 1. The number of hydrogen-bond donors (Lipinski definition) is 1. The van der Waals surface area contributed by atoms with Crippen molar-refractivity contribution in [1.29, 1.82) is 0 Å². The zero-order valence-electron chi connectivity index (χ0n) is 10.9. The molecule has 19 heavy (non-hydrogen) atoms. The van der Waals surface area contributed by atoms with Gasteiger partial charge in [-0.15, -0.1) is 11.8 Å². The lowest BCUT2D eigenvalue weighted by molar-refractivity contribution is 0.0605. The number of carbonyl (C=O) groups is 1. The van der Waals surface area contributed by atoms with Gasteiger partial charge in [-0.25, -0.2) is 9.78 Å². The van der Waals surface area contributed by atoms with Crippen molar-refractivity contribution in [2.45, 2.75) is 11.8 Å². The monoisotopic (exact) mass is 294 g/mol. The Bertz CT molecular complexity index is 579. The number of ether oxygens (including phenoxy) is 1. The fourth-order valence-corrected chi connectivity index (χ4v) is 2.84. The maximum Gasteiger partial charge on any atom is 0.350 e. The molecule has 1 aromatic heterocycles. The van der Waals surface area contributed by atoms with Crippen LogP contribution in [0.5, 0.6) is 0 Å². The average molecular weight is 294 g/mol. The molecule has 1 heterocycles. The summed E-state index contributed by atoms with van der Waals surface area (Å²) >= 11 is 2.99. The molecule has 1 aromatic carbocycles. The van der Waals surface area contributed by atoms with E-state index in [-0.39, 0.29) is 5.97 Å². The number of rotatable bonds is 4. The second-order valence-corrected chi connectivity index (χ2v) is 5.66. The molecule has 0 aliphatic rings. The molecule has 0 aliphatic carbocycles. The molecular formula is C13H14N2O2S2.